The molecule has 0 saturated heterocycles. The van der Waals surface area contributed by atoms with Gasteiger partial charge in [-0.3, -0.25) is 14.8 Å². The molecular formula is C17H16N4O. The molecule has 0 spiro atoms. The number of carbonyl (C=O) groups is 1. The van der Waals surface area contributed by atoms with Crippen molar-refractivity contribution in [3.8, 4) is 6.07 Å². The van der Waals surface area contributed by atoms with Gasteiger partial charge in [-0.25, -0.2) is 0 Å². The van der Waals surface area contributed by atoms with Crippen molar-refractivity contribution in [2.45, 2.75) is 19.4 Å². The van der Waals surface area contributed by atoms with Crippen molar-refractivity contribution in [2.24, 2.45) is 0 Å². The maximum absolute atomic E-state index is 12.3. The van der Waals surface area contributed by atoms with Crippen molar-refractivity contribution in [1.29, 1.82) is 5.26 Å². The van der Waals surface area contributed by atoms with E-state index in [9.17, 15) is 10.1 Å². The molecule has 1 aromatic heterocycles. The lowest BCUT2D eigenvalue weighted by Gasteiger charge is -2.17. The largest absolute Gasteiger partial charge is 0.345 e. The van der Waals surface area contributed by atoms with Gasteiger partial charge < -0.3 is 5.32 Å². The van der Waals surface area contributed by atoms with E-state index in [2.05, 4.69) is 15.3 Å². The number of nitrogens with one attached hydrogen (secondary N) is 1. The zero-order chi connectivity index (χ0) is 15.8. The van der Waals surface area contributed by atoms with Gasteiger partial charge in [-0.05, 0) is 18.1 Å². The third kappa shape index (κ3) is 4.00. The third-order valence-corrected chi connectivity index (χ3v) is 3.16. The van der Waals surface area contributed by atoms with E-state index in [1.165, 1.54) is 24.7 Å². The van der Waals surface area contributed by atoms with Crippen LogP contribution in [-0.4, -0.2) is 15.9 Å². The van der Waals surface area contributed by atoms with Crippen LogP contribution in [0.5, 0.6) is 0 Å². The molecule has 1 atom stereocenters. The molecule has 0 bridgehead atoms. The number of benzene rings is 1. The maximum atomic E-state index is 12.3. The van der Waals surface area contributed by atoms with E-state index in [4.69, 9.17) is 0 Å². The molecule has 22 heavy (non-hydrogen) atoms. The van der Waals surface area contributed by atoms with Crippen LogP contribution >= 0.6 is 0 Å². The van der Waals surface area contributed by atoms with Gasteiger partial charge in [0.05, 0.1) is 17.9 Å². The molecule has 0 radical (unpaired) electrons. The molecule has 1 amide bonds. The summed E-state index contributed by atoms with van der Waals surface area (Å²) in [4.78, 5) is 20.2. The van der Waals surface area contributed by atoms with Crippen molar-refractivity contribution in [2.75, 3.05) is 0 Å². The lowest BCUT2D eigenvalue weighted by molar-refractivity contribution is -0.117. The molecule has 0 saturated carbocycles. The lowest BCUT2D eigenvalue weighted by atomic mass is 10.0. The Morgan fingerprint density at radius 2 is 2.14 bits per heavy atom. The number of nitrogens with zero attached hydrogens (tertiary/aromatic N) is 3. The van der Waals surface area contributed by atoms with Crippen molar-refractivity contribution in [3.63, 3.8) is 0 Å². The van der Waals surface area contributed by atoms with Crippen LogP contribution in [0.25, 0.3) is 6.08 Å². The van der Waals surface area contributed by atoms with E-state index in [0.29, 0.717) is 5.69 Å². The molecule has 1 heterocycles. The maximum Gasteiger partial charge on any atom is 0.262 e. The molecule has 5 heteroatoms. The van der Waals surface area contributed by atoms with Crippen LogP contribution in [-0.2, 0) is 4.79 Å². The smallest absolute Gasteiger partial charge is 0.262 e. The van der Waals surface area contributed by atoms with Gasteiger partial charge in [0.1, 0.15) is 11.6 Å². The van der Waals surface area contributed by atoms with Crippen LogP contribution in [0, 0.1) is 11.3 Å². The van der Waals surface area contributed by atoms with Gasteiger partial charge in [0, 0.05) is 12.4 Å². The quantitative estimate of drug-likeness (QED) is 0.678. The Morgan fingerprint density at radius 1 is 1.36 bits per heavy atom. The first-order valence-electron chi connectivity index (χ1n) is 6.98. The predicted octanol–water partition coefficient (Wildman–Crippen LogP) is 2.65. The minimum absolute atomic E-state index is 0.00915. The Labute approximate surface area is 129 Å². The van der Waals surface area contributed by atoms with Crippen LogP contribution in [0.4, 0.5) is 0 Å². The van der Waals surface area contributed by atoms with E-state index in [0.717, 1.165) is 12.0 Å². The summed E-state index contributed by atoms with van der Waals surface area (Å²) in [6, 6.07) is 11.4. The number of aromatic nitrogens is 2. The van der Waals surface area contributed by atoms with Gasteiger partial charge in [0.25, 0.3) is 5.91 Å². The normalized spacial score (nSPS) is 12.3. The van der Waals surface area contributed by atoms with Crippen molar-refractivity contribution in [3.05, 3.63) is 65.8 Å². The molecule has 1 unspecified atom stereocenters. The molecule has 0 aliphatic heterocycles. The average molecular weight is 292 g/mol. The highest BCUT2D eigenvalue weighted by Crippen LogP contribution is 2.16. The summed E-state index contributed by atoms with van der Waals surface area (Å²) < 4.78 is 0. The topological polar surface area (TPSA) is 78.7 Å². The third-order valence-electron chi connectivity index (χ3n) is 3.16. The SMILES string of the molecule is CCC(NC(=O)C(C#N)=Cc1cnccn1)c1ccccc1. The van der Waals surface area contributed by atoms with Crippen LogP contribution in [0.1, 0.15) is 30.6 Å². The van der Waals surface area contributed by atoms with Crippen LogP contribution in [0.2, 0.25) is 0 Å². The van der Waals surface area contributed by atoms with Gasteiger partial charge in [-0.15, -0.1) is 0 Å². The molecule has 2 aromatic rings. The number of hydrogen-bond acceptors (Lipinski definition) is 4. The first kappa shape index (κ1) is 15.4. The van der Waals surface area contributed by atoms with Gasteiger partial charge in [-0.2, -0.15) is 5.26 Å². The van der Waals surface area contributed by atoms with E-state index < -0.39 is 5.91 Å². The van der Waals surface area contributed by atoms with Crippen molar-refractivity contribution < 1.29 is 4.79 Å². The predicted molar refractivity (Wildman–Crippen MR) is 83.2 cm³/mol. The van der Waals surface area contributed by atoms with Crippen molar-refractivity contribution >= 4 is 12.0 Å². The molecule has 1 N–H and O–H groups in total. The van der Waals surface area contributed by atoms with Gasteiger partial charge in [0.15, 0.2) is 0 Å². The Bertz CT molecular complexity index is 690. The summed E-state index contributed by atoms with van der Waals surface area (Å²) in [5.41, 5.74) is 1.49. The minimum Gasteiger partial charge on any atom is -0.345 e. The van der Waals surface area contributed by atoms with E-state index in [1.54, 1.807) is 0 Å². The highest BCUT2D eigenvalue weighted by molar-refractivity contribution is 6.01. The molecule has 2 rings (SSSR count). The first-order valence-corrected chi connectivity index (χ1v) is 6.98. The summed E-state index contributed by atoms with van der Waals surface area (Å²) in [6.45, 7) is 1.98. The Balaban J connectivity index is 2.16. The fourth-order valence-electron chi connectivity index (χ4n) is 2.02. The molecule has 0 aliphatic rings. The second kappa shape index (κ2) is 7.70. The highest BCUT2D eigenvalue weighted by Gasteiger charge is 2.15. The monoisotopic (exact) mass is 292 g/mol. The van der Waals surface area contributed by atoms with E-state index in [-0.39, 0.29) is 11.6 Å². The van der Waals surface area contributed by atoms with E-state index >= 15 is 0 Å². The second-order valence-electron chi connectivity index (χ2n) is 4.65. The standard InChI is InChI=1S/C17H16N4O/c1-2-16(13-6-4-3-5-7-13)21-17(22)14(11-18)10-15-12-19-8-9-20-15/h3-10,12,16H,2H2,1H3,(H,21,22). The molecule has 110 valence electrons. The van der Waals surface area contributed by atoms with Crippen LogP contribution in [0.15, 0.2) is 54.5 Å². The fraction of sp³-hybridized carbons (Fsp3) is 0.176. The van der Waals surface area contributed by atoms with Gasteiger partial charge in [-0.1, -0.05) is 37.3 Å². The molecule has 1 aromatic carbocycles. The van der Waals surface area contributed by atoms with Gasteiger partial charge in [0.2, 0.25) is 0 Å². The Morgan fingerprint density at radius 3 is 2.73 bits per heavy atom. The molecule has 0 aliphatic carbocycles. The van der Waals surface area contributed by atoms with Crippen molar-refractivity contribution in [1.82, 2.24) is 15.3 Å². The summed E-state index contributed by atoms with van der Waals surface area (Å²) in [5, 5.41) is 12.1. The number of rotatable bonds is 5. The average Bonchev–Trinajstić information content (AvgIpc) is 2.59. The minimum atomic E-state index is -0.413. The Hall–Kier alpha value is -3.00. The summed E-state index contributed by atoms with van der Waals surface area (Å²) in [6.07, 6.45) is 6.71. The summed E-state index contributed by atoms with van der Waals surface area (Å²) in [7, 11) is 0. The lowest BCUT2D eigenvalue weighted by Crippen LogP contribution is -2.29. The number of carbonyl (C=O) groups excluding carboxylic acids is 1. The summed E-state index contributed by atoms with van der Waals surface area (Å²) in [5.74, 6) is -0.413. The zero-order valence-corrected chi connectivity index (χ0v) is 12.2. The molecule has 5 nitrogen and oxygen atoms in total. The highest BCUT2D eigenvalue weighted by atomic mass is 16.1. The van der Waals surface area contributed by atoms with Crippen LogP contribution < -0.4 is 5.32 Å². The Kier molecular flexibility index (Phi) is 5.38. The van der Waals surface area contributed by atoms with Gasteiger partial charge >= 0.3 is 0 Å². The summed E-state index contributed by atoms with van der Waals surface area (Å²) >= 11 is 0. The molecular weight excluding hydrogens is 276 g/mol. The fourth-order valence-corrected chi connectivity index (χ4v) is 2.02. The number of hydrogen-bond donors (Lipinski definition) is 1. The first-order chi connectivity index (χ1) is 10.7. The van der Waals surface area contributed by atoms with E-state index in [1.807, 2.05) is 43.3 Å². The zero-order valence-electron chi connectivity index (χ0n) is 12.2. The number of amides is 1. The number of nitriles is 1. The van der Waals surface area contributed by atoms with Crippen LogP contribution in [0.3, 0.4) is 0 Å². The second-order valence-corrected chi connectivity index (χ2v) is 4.65. The molecule has 0 fully saturated rings.